The number of carboxylic acids is 1. The molecule has 1 aromatic rings. The molecule has 5 N–H and O–H groups in total. The van der Waals surface area contributed by atoms with E-state index in [-0.39, 0.29) is 39.1 Å². The molecule has 2 saturated heterocycles. The number of nitrogen functional groups attached to an aromatic ring is 1. The van der Waals surface area contributed by atoms with Crippen molar-refractivity contribution in [1.82, 2.24) is 19.6 Å². The number of β-lactam (4-membered cyclic amide) rings is 1. The first-order valence-corrected chi connectivity index (χ1v) is 12.4. The highest BCUT2D eigenvalue weighted by Gasteiger charge is 2.54. The third-order valence-corrected chi connectivity index (χ3v) is 8.24. The average molecular weight is 525 g/mol. The third-order valence-electron chi connectivity index (χ3n) is 6.36. The summed E-state index contributed by atoms with van der Waals surface area (Å²) in [7, 11) is 3.09. The summed E-state index contributed by atoms with van der Waals surface area (Å²) in [4.78, 5) is 59.5. The molecular weight excluding hydrogens is 500 g/mol. The van der Waals surface area contributed by atoms with Gasteiger partial charge in [-0.15, -0.1) is 11.8 Å². The minimum Gasteiger partial charge on any atom is -0.543 e. The van der Waals surface area contributed by atoms with Crippen molar-refractivity contribution in [1.29, 1.82) is 0 Å². The van der Waals surface area contributed by atoms with Crippen LogP contribution in [0.4, 0.5) is 5.13 Å². The van der Waals surface area contributed by atoms with Gasteiger partial charge in [0.25, 0.3) is 17.7 Å². The zero-order chi connectivity index (χ0) is 25.5. The first kappa shape index (κ1) is 24.9. The van der Waals surface area contributed by atoms with Crippen molar-refractivity contribution in [2.45, 2.75) is 30.3 Å². The second-order valence-corrected chi connectivity index (χ2v) is 10.5. The number of hydrogen-bond donors (Lipinski definition) is 3. The predicted octanol–water partition coefficient (Wildman–Crippen LogP) is -3.03. The lowest BCUT2D eigenvalue weighted by Gasteiger charge is -2.51. The highest BCUT2D eigenvalue weighted by atomic mass is 32.2. The van der Waals surface area contributed by atoms with Crippen LogP contribution in [0.2, 0.25) is 0 Å². The molecule has 0 saturated carbocycles. The molecule has 4 heterocycles. The fourth-order valence-corrected chi connectivity index (χ4v) is 6.57. The monoisotopic (exact) mass is 524 g/mol. The number of primary amides is 1. The molecule has 0 aromatic carbocycles. The summed E-state index contributed by atoms with van der Waals surface area (Å²) in [6.45, 7) is 0.911. The maximum Gasteiger partial charge on any atom is 0.278 e. The van der Waals surface area contributed by atoms with Crippen LogP contribution in [0.5, 0.6) is 0 Å². The molecular formula is C19H24N8O6S2. The van der Waals surface area contributed by atoms with Gasteiger partial charge in [0.2, 0.25) is 11.5 Å². The molecule has 0 aliphatic carbocycles. The number of nitrogens with one attached hydrogen (secondary N) is 1. The number of quaternary nitrogens is 1. The largest absolute Gasteiger partial charge is 0.543 e. The number of likely N-dealkylation sites (N-methyl/N-ethyl adjacent to an activating group) is 1. The second kappa shape index (κ2) is 9.43. The van der Waals surface area contributed by atoms with Crippen molar-refractivity contribution in [3.63, 3.8) is 0 Å². The highest BCUT2D eigenvalue weighted by molar-refractivity contribution is 8.00. The number of carbonyl (C=O) groups excluding carboxylic acids is 4. The first-order chi connectivity index (χ1) is 16.6. The molecule has 3 amide bonds. The number of amides is 3. The number of oxime groups is 1. The Hall–Kier alpha value is -3.24. The van der Waals surface area contributed by atoms with Crippen molar-refractivity contribution in [2.24, 2.45) is 10.9 Å². The van der Waals surface area contributed by atoms with Crippen molar-refractivity contribution in [2.75, 3.05) is 38.7 Å². The first-order valence-electron chi connectivity index (χ1n) is 10.6. The Balaban J connectivity index is 1.54. The van der Waals surface area contributed by atoms with E-state index < -0.39 is 41.1 Å². The molecule has 3 aliphatic rings. The Bertz CT molecular complexity index is 1150. The summed E-state index contributed by atoms with van der Waals surface area (Å²) < 4.78 is 4.20. The van der Waals surface area contributed by atoms with E-state index in [1.54, 1.807) is 0 Å². The smallest absolute Gasteiger partial charge is 0.278 e. The van der Waals surface area contributed by atoms with E-state index in [2.05, 4.69) is 19.8 Å². The molecule has 35 heavy (non-hydrogen) atoms. The van der Waals surface area contributed by atoms with E-state index in [9.17, 15) is 24.3 Å². The zero-order valence-corrected chi connectivity index (χ0v) is 20.6. The number of carbonyl (C=O) groups is 4. The number of fused-ring (bicyclic) bond motifs is 1. The maximum absolute atomic E-state index is 13.0. The highest BCUT2D eigenvalue weighted by Crippen LogP contribution is 2.41. The molecule has 3 aliphatic heterocycles. The Morgan fingerprint density at radius 3 is 2.74 bits per heavy atom. The summed E-state index contributed by atoms with van der Waals surface area (Å²) in [5, 5.41) is 17.7. The van der Waals surface area contributed by atoms with E-state index >= 15 is 0 Å². The lowest BCUT2D eigenvalue weighted by Crippen LogP contribution is -2.72. The number of nitrogens with zero attached hydrogens (tertiary/aromatic N) is 5. The molecule has 0 radical (unpaired) electrons. The number of thioether (sulfide) groups is 1. The van der Waals surface area contributed by atoms with Crippen LogP contribution in [0, 0.1) is 0 Å². The van der Waals surface area contributed by atoms with Crippen LogP contribution >= 0.6 is 23.3 Å². The Morgan fingerprint density at radius 1 is 1.40 bits per heavy atom. The van der Waals surface area contributed by atoms with Gasteiger partial charge in [-0.25, -0.2) is 0 Å². The maximum atomic E-state index is 13.0. The topological polar surface area (TPSA) is 206 Å². The SMILES string of the molecule is CO/N=C(\C(=O)N[C@@H]1C(=O)N2C(C(=O)[O-])=C(C[N@+]3(C)CCC[C@H]3C(N)=O)CS[C@H]12)c1nsc(N)n1. The van der Waals surface area contributed by atoms with Crippen molar-refractivity contribution < 1.29 is 33.6 Å². The summed E-state index contributed by atoms with van der Waals surface area (Å²) in [6, 6.07) is -1.43. The minimum atomic E-state index is -1.49. The number of hydrogen-bond acceptors (Lipinski definition) is 12. The van der Waals surface area contributed by atoms with Crippen molar-refractivity contribution in [3.8, 4) is 0 Å². The number of carboxylic acid groups (broad SMARTS) is 1. The van der Waals surface area contributed by atoms with Gasteiger partial charge < -0.3 is 36.0 Å². The van der Waals surface area contributed by atoms with E-state index in [0.29, 0.717) is 18.5 Å². The summed E-state index contributed by atoms with van der Waals surface area (Å²) in [5.74, 6) is -3.08. The molecule has 4 atom stereocenters. The third kappa shape index (κ3) is 4.43. The lowest BCUT2D eigenvalue weighted by atomic mass is 10.0. The molecule has 0 unspecified atom stereocenters. The fourth-order valence-electron chi connectivity index (χ4n) is 4.80. The number of rotatable bonds is 8. The van der Waals surface area contributed by atoms with Crippen molar-refractivity contribution >= 4 is 57.8 Å². The Kier molecular flexibility index (Phi) is 6.70. The van der Waals surface area contributed by atoms with Gasteiger partial charge in [0.05, 0.1) is 25.3 Å². The van der Waals surface area contributed by atoms with Crippen LogP contribution in [0.3, 0.4) is 0 Å². The molecule has 14 nitrogen and oxygen atoms in total. The van der Waals surface area contributed by atoms with Gasteiger partial charge in [0.15, 0.2) is 11.2 Å². The number of nitrogens with two attached hydrogens (primary N) is 2. The van der Waals surface area contributed by atoms with Crippen molar-refractivity contribution in [3.05, 3.63) is 17.1 Å². The number of anilines is 1. The normalized spacial score (nSPS) is 28.4. The van der Waals surface area contributed by atoms with E-state index in [1.807, 2.05) is 7.05 Å². The molecule has 2 fully saturated rings. The van der Waals surface area contributed by atoms with Gasteiger partial charge in [-0.1, -0.05) is 5.16 Å². The van der Waals surface area contributed by atoms with Gasteiger partial charge in [-0.2, -0.15) is 9.36 Å². The summed E-state index contributed by atoms with van der Waals surface area (Å²) in [5.41, 5.74) is 11.1. The Labute approximate surface area is 208 Å². The van der Waals surface area contributed by atoms with E-state index in [4.69, 9.17) is 16.3 Å². The predicted molar refractivity (Wildman–Crippen MR) is 123 cm³/mol. The van der Waals surface area contributed by atoms with Gasteiger partial charge in [0, 0.05) is 35.7 Å². The van der Waals surface area contributed by atoms with Crippen LogP contribution in [-0.2, 0) is 24.0 Å². The fraction of sp³-hybridized carbons (Fsp3) is 0.526. The quantitative estimate of drug-likeness (QED) is 0.136. The van der Waals surface area contributed by atoms with Crippen LogP contribution in [0.15, 0.2) is 16.4 Å². The molecule has 188 valence electrons. The van der Waals surface area contributed by atoms with E-state index in [0.717, 1.165) is 22.9 Å². The van der Waals surface area contributed by atoms with Gasteiger partial charge in [0.1, 0.15) is 25.1 Å². The van der Waals surface area contributed by atoms with Gasteiger partial charge >= 0.3 is 0 Å². The van der Waals surface area contributed by atoms with Crippen LogP contribution in [0.1, 0.15) is 18.7 Å². The molecule has 1 aromatic heterocycles. The summed E-state index contributed by atoms with van der Waals surface area (Å²) >= 11 is 2.17. The zero-order valence-electron chi connectivity index (χ0n) is 18.9. The molecule has 4 rings (SSSR count). The van der Waals surface area contributed by atoms with E-state index in [1.165, 1.54) is 18.9 Å². The number of likely N-dealkylation sites (tertiary alicyclic amines) is 1. The van der Waals surface area contributed by atoms with Crippen LogP contribution in [-0.4, -0.2) is 98.6 Å². The van der Waals surface area contributed by atoms with Crippen LogP contribution in [0.25, 0.3) is 0 Å². The minimum absolute atomic E-state index is 0.0593. The summed E-state index contributed by atoms with van der Waals surface area (Å²) in [6.07, 6.45) is 1.41. The molecule has 0 spiro atoms. The Morgan fingerprint density at radius 2 is 2.14 bits per heavy atom. The average Bonchev–Trinajstić information content (AvgIpc) is 3.40. The van der Waals surface area contributed by atoms with Gasteiger partial charge in [-0.3, -0.25) is 19.3 Å². The molecule has 16 heteroatoms. The standard InChI is InChI=1S/C19H24N8O6S2/c1-27(5-3-4-9(27)13(20)28)6-8-7-34-17-11(16(30)26(17)12(8)18(31)32)22-15(29)10(24-33-2)14-23-19(21)35-25-14/h9,11,17H,3-7H2,1-2H3,(H5-,20,21,22,23,25,28,29,31,32)/b24-10-/t9-,11+,17+,27-/m0/s1. The number of aromatic nitrogens is 2. The lowest BCUT2D eigenvalue weighted by molar-refractivity contribution is -0.907. The second-order valence-electron chi connectivity index (χ2n) is 8.60. The van der Waals surface area contributed by atoms with Gasteiger partial charge in [-0.05, 0) is 0 Å². The molecule has 0 bridgehead atoms. The number of aliphatic carboxylic acids is 1. The van der Waals surface area contributed by atoms with Crippen LogP contribution < -0.4 is 21.9 Å².